The lowest BCUT2D eigenvalue weighted by Gasteiger charge is -2.31. The molecular formula is C13H28IN3S. The van der Waals surface area contributed by atoms with E-state index in [4.69, 9.17) is 5.73 Å². The Labute approximate surface area is 133 Å². The Kier molecular flexibility index (Phi) is 8.67. The molecule has 0 aliphatic carbocycles. The third kappa shape index (κ3) is 7.71. The number of guanidine groups is 1. The zero-order chi connectivity index (χ0) is 12.9. The van der Waals surface area contributed by atoms with Crippen LogP contribution in [-0.2, 0) is 0 Å². The third-order valence-electron chi connectivity index (χ3n) is 2.88. The van der Waals surface area contributed by atoms with Gasteiger partial charge in [-0.25, -0.2) is 0 Å². The van der Waals surface area contributed by atoms with Gasteiger partial charge in [-0.3, -0.25) is 4.99 Å². The Balaban J connectivity index is 0.00000289. The van der Waals surface area contributed by atoms with E-state index in [1.165, 1.54) is 12.8 Å². The molecule has 2 N–H and O–H groups in total. The Bertz CT molecular complexity index is 263. The number of piperidine rings is 1. The van der Waals surface area contributed by atoms with Crippen molar-refractivity contribution in [3.05, 3.63) is 0 Å². The largest absolute Gasteiger partial charge is 0.370 e. The van der Waals surface area contributed by atoms with Gasteiger partial charge >= 0.3 is 0 Å². The van der Waals surface area contributed by atoms with E-state index < -0.39 is 0 Å². The van der Waals surface area contributed by atoms with Gasteiger partial charge in [0, 0.05) is 23.6 Å². The number of halogens is 1. The number of hydrogen-bond donors (Lipinski definition) is 1. The summed E-state index contributed by atoms with van der Waals surface area (Å²) in [5.74, 6) is 2.54. The lowest BCUT2D eigenvalue weighted by Crippen LogP contribution is -2.43. The van der Waals surface area contributed by atoms with Gasteiger partial charge in [0.2, 0.25) is 0 Å². The van der Waals surface area contributed by atoms with Crippen molar-refractivity contribution in [3.63, 3.8) is 0 Å². The smallest absolute Gasteiger partial charge is 0.191 e. The Morgan fingerprint density at radius 2 is 2.11 bits per heavy atom. The minimum Gasteiger partial charge on any atom is -0.370 e. The van der Waals surface area contributed by atoms with Gasteiger partial charge in [-0.2, -0.15) is 11.8 Å². The second-order valence-corrected chi connectivity index (χ2v) is 7.82. The SMILES string of the molecule is CC1CCCN(C(N)=NCCSC(C)(C)C)C1.I. The Hall–Kier alpha value is 0.350. The van der Waals surface area contributed by atoms with Crippen molar-refractivity contribution in [1.29, 1.82) is 0 Å². The fourth-order valence-electron chi connectivity index (χ4n) is 2.01. The van der Waals surface area contributed by atoms with Crippen LogP contribution in [0.25, 0.3) is 0 Å². The molecule has 0 amide bonds. The molecule has 5 heteroatoms. The molecule has 0 aromatic rings. The van der Waals surface area contributed by atoms with Gasteiger partial charge in [-0.05, 0) is 18.8 Å². The first kappa shape index (κ1) is 18.4. The summed E-state index contributed by atoms with van der Waals surface area (Å²) in [7, 11) is 0. The predicted molar refractivity (Wildman–Crippen MR) is 94.1 cm³/mol. The predicted octanol–water partition coefficient (Wildman–Crippen LogP) is 3.18. The highest BCUT2D eigenvalue weighted by Gasteiger charge is 2.17. The van der Waals surface area contributed by atoms with Gasteiger partial charge in [0.25, 0.3) is 0 Å². The topological polar surface area (TPSA) is 41.6 Å². The van der Waals surface area contributed by atoms with Crippen LogP contribution >= 0.6 is 35.7 Å². The van der Waals surface area contributed by atoms with Crippen molar-refractivity contribution in [2.75, 3.05) is 25.4 Å². The van der Waals surface area contributed by atoms with Crippen LogP contribution in [-0.4, -0.2) is 41.0 Å². The van der Waals surface area contributed by atoms with Crippen LogP contribution in [0.1, 0.15) is 40.5 Å². The molecular weight excluding hydrogens is 357 g/mol. The van der Waals surface area contributed by atoms with Crippen LogP contribution in [0.4, 0.5) is 0 Å². The molecule has 1 fully saturated rings. The van der Waals surface area contributed by atoms with Gasteiger partial charge in [0.05, 0.1) is 6.54 Å². The van der Waals surface area contributed by atoms with Gasteiger partial charge < -0.3 is 10.6 Å². The van der Waals surface area contributed by atoms with Crippen LogP contribution in [0, 0.1) is 5.92 Å². The average molecular weight is 385 g/mol. The van der Waals surface area contributed by atoms with E-state index in [0.717, 1.165) is 37.3 Å². The van der Waals surface area contributed by atoms with E-state index in [-0.39, 0.29) is 24.0 Å². The van der Waals surface area contributed by atoms with Crippen molar-refractivity contribution in [2.45, 2.75) is 45.3 Å². The van der Waals surface area contributed by atoms with Gasteiger partial charge in [0.1, 0.15) is 0 Å². The third-order valence-corrected chi connectivity index (χ3v) is 4.13. The molecule has 0 spiro atoms. The van der Waals surface area contributed by atoms with Crippen LogP contribution in [0.15, 0.2) is 4.99 Å². The molecule has 1 unspecified atom stereocenters. The standard InChI is InChI=1S/C13H27N3S.HI/c1-11-6-5-8-16(10-11)12(14)15-7-9-17-13(2,3)4;/h11H,5-10H2,1-4H3,(H2,14,15);1H. The molecule has 18 heavy (non-hydrogen) atoms. The minimum atomic E-state index is 0. The number of nitrogens with zero attached hydrogens (tertiary/aromatic N) is 2. The van der Waals surface area contributed by atoms with Crippen LogP contribution in [0.5, 0.6) is 0 Å². The van der Waals surface area contributed by atoms with Crippen molar-refractivity contribution in [3.8, 4) is 0 Å². The Morgan fingerprint density at radius 3 is 2.67 bits per heavy atom. The summed E-state index contributed by atoms with van der Waals surface area (Å²) < 4.78 is 0.323. The summed E-state index contributed by atoms with van der Waals surface area (Å²) in [4.78, 5) is 6.72. The minimum absolute atomic E-state index is 0. The maximum atomic E-state index is 6.03. The fourth-order valence-corrected chi connectivity index (χ4v) is 2.80. The van der Waals surface area contributed by atoms with Crippen molar-refractivity contribution >= 4 is 41.7 Å². The van der Waals surface area contributed by atoms with Crippen molar-refractivity contribution in [1.82, 2.24) is 4.90 Å². The quantitative estimate of drug-likeness (QED) is 0.351. The molecule has 0 saturated carbocycles. The highest BCUT2D eigenvalue weighted by Crippen LogP contribution is 2.22. The molecule has 0 aromatic carbocycles. The molecule has 108 valence electrons. The summed E-state index contributed by atoms with van der Waals surface area (Å²) in [6.45, 7) is 12.0. The summed E-state index contributed by atoms with van der Waals surface area (Å²) in [6.07, 6.45) is 2.57. The van der Waals surface area contributed by atoms with Crippen molar-refractivity contribution < 1.29 is 0 Å². The molecule has 1 aliphatic heterocycles. The highest BCUT2D eigenvalue weighted by molar-refractivity contribution is 14.0. The second-order valence-electron chi connectivity index (χ2n) is 5.89. The normalized spacial score (nSPS) is 21.7. The molecule has 3 nitrogen and oxygen atoms in total. The molecule has 1 saturated heterocycles. The average Bonchev–Trinajstić information content (AvgIpc) is 2.23. The first-order chi connectivity index (χ1) is 7.88. The van der Waals surface area contributed by atoms with Gasteiger partial charge in [-0.15, -0.1) is 24.0 Å². The van der Waals surface area contributed by atoms with E-state index in [9.17, 15) is 0 Å². The summed E-state index contributed by atoms with van der Waals surface area (Å²) >= 11 is 1.94. The van der Waals surface area contributed by atoms with E-state index in [2.05, 4.69) is 37.6 Å². The first-order valence-electron chi connectivity index (χ1n) is 6.57. The molecule has 1 aliphatic rings. The second kappa shape index (κ2) is 8.51. The summed E-state index contributed by atoms with van der Waals surface area (Å²) in [5, 5.41) is 0. The van der Waals surface area contributed by atoms with Crippen LogP contribution < -0.4 is 5.73 Å². The zero-order valence-electron chi connectivity index (χ0n) is 12.1. The number of hydrogen-bond acceptors (Lipinski definition) is 2. The number of rotatable bonds is 3. The van der Waals surface area contributed by atoms with E-state index in [1.54, 1.807) is 0 Å². The maximum Gasteiger partial charge on any atom is 0.191 e. The molecule has 0 bridgehead atoms. The lowest BCUT2D eigenvalue weighted by atomic mass is 10.0. The van der Waals surface area contributed by atoms with Gasteiger partial charge in [-0.1, -0.05) is 27.7 Å². The molecule has 1 heterocycles. The first-order valence-corrected chi connectivity index (χ1v) is 7.56. The van der Waals surface area contributed by atoms with Gasteiger partial charge in [0.15, 0.2) is 5.96 Å². The van der Waals surface area contributed by atoms with E-state index in [1.807, 2.05) is 11.8 Å². The Morgan fingerprint density at radius 1 is 1.44 bits per heavy atom. The van der Waals surface area contributed by atoms with Crippen molar-refractivity contribution in [2.24, 2.45) is 16.6 Å². The van der Waals surface area contributed by atoms with Crippen LogP contribution in [0.2, 0.25) is 0 Å². The number of likely N-dealkylation sites (tertiary alicyclic amines) is 1. The lowest BCUT2D eigenvalue weighted by molar-refractivity contribution is 0.270. The number of nitrogens with two attached hydrogens (primary N) is 1. The summed E-state index contributed by atoms with van der Waals surface area (Å²) in [5.41, 5.74) is 6.03. The number of thioether (sulfide) groups is 1. The van der Waals surface area contributed by atoms with E-state index in [0.29, 0.717) is 4.75 Å². The number of aliphatic imine (C=N–C) groups is 1. The highest BCUT2D eigenvalue weighted by atomic mass is 127. The monoisotopic (exact) mass is 385 g/mol. The zero-order valence-corrected chi connectivity index (χ0v) is 15.3. The molecule has 1 atom stereocenters. The maximum absolute atomic E-state index is 6.03. The molecule has 1 rings (SSSR count). The molecule has 0 aromatic heterocycles. The van der Waals surface area contributed by atoms with E-state index >= 15 is 0 Å². The summed E-state index contributed by atoms with van der Waals surface area (Å²) in [6, 6.07) is 0. The van der Waals surface area contributed by atoms with Crippen LogP contribution in [0.3, 0.4) is 0 Å². The fraction of sp³-hybridized carbons (Fsp3) is 0.923. The molecule has 0 radical (unpaired) electrons.